The zero-order valence-electron chi connectivity index (χ0n) is 12.7. The molecule has 9 nitrogen and oxygen atoms in total. The highest BCUT2D eigenvalue weighted by Gasteiger charge is 2.19. The fraction of sp³-hybridized carbons (Fsp3) is 0.0667. The van der Waals surface area contributed by atoms with Crippen LogP contribution in [0.2, 0.25) is 0 Å². The smallest absolute Gasteiger partial charge is 0.268 e. The lowest BCUT2D eigenvalue weighted by atomic mass is 10.2. The van der Waals surface area contributed by atoms with Crippen molar-refractivity contribution in [1.82, 2.24) is 9.55 Å². The molecular weight excluding hydrogens is 443 g/mol. The van der Waals surface area contributed by atoms with Gasteiger partial charge in [-0.15, -0.1) is 0 Å². The molecule has 0 saturated heterocycles. The van der Waals surface area contributed by atoms with E-state index in [0.29, 0.717) is 10.9 Å². The molecule has 25 heavy (non-hydrogen) atoms. The van der Waals surface area contributed by atoms with Gasteiger partial charge in [-0.2, -0.15) is 0 Å². The molecule has 0 radical (unpaired) electrons. The molecule has 3 rings (SSSR count). The molecule has 0 fully saturated rings. The Hall–Kier alpha value is -2.89. The number of nitrogens with zero attached hydrogens (tertiary/aromatic N) is 4. The summed E-state index contributed by atoms with van der Waals surface area (Å²) in [6, 6.07) is 8.23. The maximum Gasteiger partial charge on any atom is 0.278 e. The van der Waals surface area contributed by atoms with Crippen LogP contribution in [0.25, 0.3) is 16.6 Å². The largest absolute Gasteiger partial charge is 0.278 e. The zero-order valence-corrected chi connectivity index (χ0v) is 14.8. The lowest BCUT2D eigenvalue weighted by molar-refractivity contribution is -0.394. The molecule has 0 N–H and O–H groups in total. The molecule has 0 bridgehead atoms. The third-order valence-electron chi connectivity index (χ3n) is 3.57. The maximum atomic E-state index is 12.8. The molecule has 10 heteroatoms. The summed E-state index contributed by atoms with van der Waals surface area (Å²) in [5.74, 6) is 0.272. The summed E-state index contributed by atoms with van der Waals surface area (Å²) < 4.78 is 1.96. The van der Waals surface area contributed by atoms with Gasteiger partial charge in [-0.3, -0.25) is 29.6 Å². The molecule has 126 valence electrons. The minimum absolute atomic E-state index is 0.0247. The second-order valence-corrected chi connectivity index (χ2v) is 6.43. The van der Waals surface area contributed by atoms with Crippen LogP contribution in [0.1, 0.15) is 5.82 Å². The highest BCUT2D eigenvalue weighted by Crippen LogP contribution is 2.25. The average molecular weight is 452 g/mol. The average Bonchev–Trinajstić information content (AvgIpc) is 2.55. The molecule has 1 aromatic heterocycles. The zero-order chi connectivity index (χ0) is 18.3. The molecule has 3 aromatic rings. The van der Waals surface area contributed by atoms with E-state index in [1.807, 2.05) is 0 Å². The normalized spacial score (nSPS) is 10.8. The summed E-state index contributed by atoms with van der Waals surface area (Å²) in [6.45, 7) is 1.56. The summed E-state index contributed by atoms with van der Waals surface area (Å²) in [4.78, 5) is 37.8. The summed E-state index contributed by atoms with van der Waals surface area (Å²) in [6.07, 6.45) is 0. The Bertz CT molecular complexity index is 1080. The summed E-state index contributed by atoms with van der Waals surface area (Å²) in [5, 5.41) is 22.5. The van der Waals surface area contributed by atoms with E-state index >= 15 is 0 Å². The quantitative estimate of drug-likeness (QED) is 0.342. The third-order valence-corrected chi connectivity index (χ3v) is 4.24. The van der Waals surface area contributed by atoms with Crippen molar-refractivity contribution in [1.29, 1.82) is 0 Å². The lowest BCUT2D eigenvalue weighted by Gasteiger charge is -2.11. The SMILES string of the molecule is Cc1nc2ccc(I)cc2c(=O)n1-c1cc([N+](=O)[O-])cc([N+](=O)[O-])c1. The number of nitro groups is 2. The molecule has 0 atom stereocenters. The van der Waals surface area contributed by atoms with Gasteiger partial charge in [0.15, 0.2) is 0 Å². The Morgan fingerprint density at radius 3 is 2.20 bits per heavy atom. The van der Waals surface area contributed by atoms with E-state index in [1.54, 1.807) is 25.1 Å². The molecule has 1 heterocycles. The van der Waals surface area contributed by atoms with Gasteiger partial charge < -0.3 is 0 Å². The monoisotopic (exact) mass is 452 g/mol. The van der Waals surface area contributed by atoms with E-state index in [2.05, 4.69) is 27.6 Å². The molecule has 0 aliphatic carbocycles. The third kappa shape index (κ3) is 3.07. The lowest BCUT2D eigenvalue weighted by Crippen LogP contribution is -2.22. The van der Waals surface area contributed by atoms with Crippen LogP contribution in [-0.2, 0) is 0 Å². The van der Waals surface area contributed by atoms with Crippen molar-refractivity contribution in [2.45, 2.75) is 6.92 Å². The predicted molar refractivity (Wildman–Crippen MR) is 98.1 cm³/mol. The fourth-order valence-electron chi connectivity index (χ4n) is 2.49. The number of aromatic nitrogens is 2. The van der Waals surface area contributed by atoms with Crippen molar-refractivity contribution in [3.8, 4) is 5.69 Å². The van der Waals surface area contributed by atoms with E-state index in [-0.39, 0.29) is 11.5 Å². The van der Waals surface area contributed by atoms with Gasteiger partial charge in [0.1, 0.15) is 5.82 Å². The Morgan fingerprint density at radius 1 is 1.04 bits per heavy atom. The summed E-state index contributed by atoms with van der Waals surface area (Å²) in [7, 11) is 0. The first kappa shape index (κ1) is 17.0. The minimum Gasteiger partial charge on any atom is -0.268 e. The van der Waals surface area contributed by atoms with Gasteiger partial charge in [0.2, 0.25) is 0 Å². The van der Waals surface area contributed by atoms with Crippen LogP contribution >= 0.6 is 22.6 Å². The molecule has 0 spiro atoms. The van der Waals surface area contributed by atoms with Crippen molar-refractivity contribution >= 4 is 44.9 Å². The minimum atomic E-state index is -0.742. The molecule has 0 aliphatic rings. The highest BCUT2D eigenvalue weighted by molar-refractivity contribution is 14.1. The number of hydrogen-bond donors (Lipinski definition) is 0. The Kier molecular flexibility index (Phi) is 4.20. The molecule has 0 aliphatic heterocycles. The van der Waals surface area contributed by atoms with Crippen LogP contribution in [0, 0.1) is 30.7 Å². The van der Waals surface area contributed by atoms with Gasteiger partial charge in [0, 0.05) is 15.7 Å². The van der Waals surface area contributed by atoms with Crippen LogP contribution in [0.15, 0.2) is 41.2 Å². The summed E-state index contributed by atoms with van der Waals surface area (Å²) in [5.41, 5.74) is -0.886. The van der Waals surface area contributed by atoms with Crippen LogP contribution in [-0.4, -0.2) is 19.4 Å². The number of benzene rings is 2. The van der Waals surface area contributed by atoms with Crippen LogP contribution < -0.4 is 5.56 Å². The predicted octanol–water partition coefficient (Wildman–Crippen LogP) is 3.12. The molecule has 0 unspecified atom stereocenters. The van der Waals surface area contributed by atoms with E-state index in [4.69, 9.17) is 0 Å². The van der Waals surface area contributed by atoms with Crippen LogP contribution in [0.3, 0.4) is 0 Å². The van der Waals surface area contributed by atoms with Gasteiger partial charge in [0.25, 0.3) is 16.9 Å². The second-order valence-electron chi connectivity index (χ2n) is 5.18. The van der Waals surface area contributed by atoms with Gasteiger partial charge >= 0.3 is 0 Å². The van der Waals surface area contributed by atoms with Crippen molar-refractivity contribution in [2.24, 2.45) is 0 Å². The first-order chi connectivity index (χ1) is 11.8. The van der Waals surface area contributed by atoms with Crippen LogP contribution in [0.4, 0.5) is 11.4 Å². The topological polar surface area (TPSA) is 121 Å². The Balaban J connectivity index is 2.38. The molecule has 2 aromatic carbocycles. The number of nitro benzene ring substituents is 2. The first-order valence-electron chi connectivity index (χ1n) is 6.91. The number of fused-ring (bicyclic) bond motifs is 1. The van der Waals surface area contributed by atoms with Crippen molar-refractivity contribution in [3.63, 3.8) is 0 Å². The Morgan fingerprint density at radius 2 is 1.64 bits per heavy atom. The van der Waals surface area contributed by atoms with Crippen molar-refractivity contribution < 1.29 is 9.85 Å². The number of aryl methyl sites for hydroxylation is 1. The maximum absolute atomic E-state index is 12.8. The van der Waals surface area contributed by atoms with Gasteiger partial charge in [0.05, 0.1) is 32.5 Å². The van der Waals surface area contributed by atoms with E-state index in [9.17, 15) is 25.0 Å². The number of non-ortho nitro benzene ring substituents is 2. The van der Waals surface area contributed by atoms with E-state index < -0.39 is 26.8 Å². The number of halogens is 1. The molecule has 0 saturated carbocycles. The van der Waals surface area contributed by atoms with Gasteiger partial charge in [-0.1, -0.05) is 0 Å². The standard InChI is InChI=1S/C15H9IN4O5/c1-8-17-14-3-2-9(16)4-13(14)15(21)18(8)10-5-11(19(22)23)7-12(6-10)20(24)25/h2-7H,1H3. The fourth-order valence-corrected chi connectivity index (χ4v) is 2.98. The second kappa shape index (κ2) is 6.20. The van der Waals surface area contributed by atoms with Crippen molar-refractivity contribution in [2.75, 3.05) is 0 Å². The van der Waals surface area contributed by atoms with E-state index in [1.165, 1.54) is 0 Å². The first-order valence-corrected chi connectivity index (χ1v) is 7.99. The van der Waals surface area contributed by atoms with Crippen molar-refractivity contribution in [3.05, 3.63) is 76.4 Å². The molecule has 0 amide bonds. The van der Waals surface area contributed by atoms with Crippen LogP contribution in [0.5, 0.6) is 0 Å². The van der Waals surface area contributed by atoms with Gasteiger partial charge in [-0.05, 0) is 47.7 Å². The number of rotatable bonds is 3. The Labute approximate surface area is 153 Å². The van der Waals surface area contributed by atoms with Gasteiger partial charge in [-0.25, -0.2) is 4.98 Å². The summed E-state index contributed by atoms with van der Waals surface area (Å²) >= 11 is 2.05. The molecular formula is C15H9IN4O5. The highest BCUT2D eigenvalue weighted by atomic mass is 127. The number of hydrogen-bond acceptors (Lipinski definition) is 6. The van der Waals surface area contributed by atoms with E-state index in [0.717, 1.165) is 26.3 Å².